The largest absolute Gasteiger partial charge is 0.324 e. The molecule has 2 N–H and O–H groups in total. The maximum atomic E-state index is 6.57. The van der Waals surface area contributed by atoms with E-state index in [0.717, 1.165) is 19.0 Å². The van der Waals surface area contributed by atoms with Gasteiger partial charge in [-0.15, -0.1) is 0 Å². The highest BCUT2D eigenvalue weighted by atomic mass is 15.2. The molecule has 0 amide bonds. The number of hydrogen-bond donors (Lipinski definition) is 1. The number of hydrogen-bond acceptors (Lipinski definition) is 2. The van der Waals surface area contributed by atoms with Gasteiger partial charge in [0.05, 0.1) is 0 Å². The van der Waals surface area contributed by atoms with Crippen LogP contribution < -0.4 is 5.73 Å². The van der Waals surface area contributed by atoms with Crippen molar-refractivity contribution in [2.24, 2.45) is 11.7 Å². The summed E-state index contributed by atoms with van der Waals surface area (Å²) >= 11 is 0. The summed E-state index contributed by atoms with van der Waals surface area (Å²) in [5.41, 5.74) is 8.10. The molecule has 1 aliphatic carbocycles. The average Bonchev–Trinajstić information content (AvgIpc) is 2.66. The highest BCUT2D eigenvalue weighted by Crippen LogP contribution is 2.38. The first-order valence-corrected chi connectivity index (χ1v) is 6.81. The minimum absolute atomic E-state index is 0.118. The summed E-state index contributed by atoms with van der Waals surface area (Å²) in [4.78, 5) is 2.55. The standard InChI is InChI=1S/C15H22N2/c16-15-9-5-4-8-14(15)11-17(12-15)10-13-6-2-1-3-7-13/h1-3,6-7,14H,4-5,8-12,16H2/t14-,15-/m1/s1. The van der Waals surface area contributed by atoms with E-state index < -0.39 is 0 Å². The number of nitrogens with two attached hydrogens (primary N) is 1. The summed E-state index contributed by atoms with van der Waals surface area (Å²) in [6, 6.07) is 10.8. The Morgan fingerprint density at radius 3 is 2.82 bits per heavy atom. The molecule has 1 aromatic carbocycles. The first-order valence-electron chi connectivity index (χ1n) is 6.81. The van der Waals surface area contributed by atoms with Crippen LogP contribution >= 0.6 is 0 Å². The Labute approximate surface area is 104 Å². The monoisotopic (exact) mass is 230 g/mol. The summed E-state index contributed by atoms with van der Waals surface area (Å²) in [7, 11) is 0. The summed E-state index contributed by atoms with van der Waals surface area (Å²) in [5, 5.41) is 0. The molecule has 1 aliphatic heterocycles. The fraction of sp³-hybridized carbons (Fsp3) is 0.600. The highest BCUT2D eigenvalue weighted by Gasteiger charge is 2.44. The van der Waals surface area contributed by atoms with E-state index in [4.69, 9.17) is 5.73 Å². The zero-order chi connectivity index (χ0) is 11.7. The lowest BCUT2D eigenvalue weighted by molar-refractivity contribution is 0.245. The molecule has 2 fully saturated rings. The SMILES string of the molecule is N[C@@]12CCCC[C@@H]1CN(Cc1ccccc1)C2. The van der Waals surface area contributed by atoms with Gasteiger partial charge in [0.15, 0.2) is 0 Å². The number of likely N-dealkylation sites (tertiary alicyclic amines) is 1. The van der Waals surface area contributed by atoms with E-state index in [9.17, 15) is 0 Å². The Morgan fingerprint density at radius 1 is 1.24 bits per heavy atom. The van der Waals surface area contributed by atoms with Gasteiger partial charge in [-0.25, -0.2) is 0 Å². The molecule has 1 heterocycles. The number of benzene rings is 1. The van der Waals surface area contributed by atoms with Gasteiger partial charge in [0.25, 0.3) is 0 Å². The van der Waals surface area contributed by atoms with Gasteiger partial charge in [-0.05, 0) is 24.3 Å². The Bertz CT molecular complexity index is 376. The molecule has 2 heteroatoms. The van der Waals surface area contributed by atoms with Crippen LogP contribution in [0.1, 0.15) is 31.2 Å². The van der Waals surface area contributed by atoms with Crippen LogP contribution in [-0.2, 0) is 6.54 Å². The van der Waals surface area contributed by atoms with E-state index in [1.807, 2.05) is 0 Å². The van der Waals surface area contributed by atoms with Crippen LogP contribution in [0, 0.1) is 5.92 Å². The third kappa shape index (κ3) is 2.24. The fourth-order valence-electron chi connectivity index (χ4n) is 3.57. The van der Waals surface area contributed by atoms with Gasteiger partial charge in [-0.3, -0.25) is 4.90 Å². The molecule has 2 aliphatic rings. The van der Waals surface area contributed by atoms with Crippen molar-refractivity contribution in [3.05, 3.63) is 35.9 Å². The van der Waals surface area contributed by atoms with Crippen molar-refractivity contribution < 1.29 is 0 Å². The molecule has 1 saturated carbocycles. The molecule has 3 rings (SSSR count). The van der Waals surface area contributed by atoms with E-state index >= 15 is 0 Å². The van der Waals surface area contributed by atoms with Gasteiger partial charge in [0.1, 0.15) is 0 Å². The van der Waals surface area contributed by atoms with Crippen LogP contribution in [0.2, 0.25) is 0 Å². The fourth-order valence-corrected chi connectivity index (χ4v) is 3.57. The highest BCUT2D eigenvalue weighted by molar-refractivity contribution is 5.15. The molecule has 0 bridgehead atoms. The second-order valence-electron chi connectivity index (χ2n) is 5.83. The van der Waals surface area contributed by atoms with Crippen molar-refractivity contribution in [2.45, 2.75) is 37.8 Å². The van der Waals surface area contributed by atoms with Crippen LogP contribution in [-0.4, -0.2) is 23.5 Å². The first-order chi connectivity index (χ1) is 8.26. The Balaban J connectivity index is 1.67. The molecular formula is C15H22N2. The van der Waals surface area contributed by atoms with Crippen molar-refractivity contribution in [2.75, 3.05) is 13.1 Å². The molecule has 17 heavy (non-hydrogen) atoms. The molecule has 0 radical (unpaired) electrons. The predicted molar refractivity (Wildman–Crippen MR) is 70.6 cm³/mol. The van der Waals surface area contributed by atoms with E-state index in [-0.39, 0.29) is 5.54 Å². The van der Waals surface area contributed by atoms with Crippen LogP contribution in [0.5, 0.6) is 0 Å². The zero-order valence-corrected chi connectivity index (χ0v) is 10.4. The van der Waals surface area contributed by atoms with Gasteiger partial charge in [-0.1, -0.05) is 43.2 Å². The smallest absolute Gasteiger partial charge is 0.0324 e. The van der Waals surface area contributed by atoms with E-state index in [2.05, 4.69) is 35.2 Å². The Kier molecular flexibility index (Phi) is 2.93. The van der Waals surface area contributed by atoms with Gasteiger partial charge in [0, 0.05) is 25.2 Å². The normalized spacial score (nSPS) is 33.6. The minimum Gasteiger partial charge on any atom is -0.324 e. The quantitative estimate of drug-likeness (QED) is 0.845. The van der Waals surface area contributed by atoms with Crippen molar-refractivity contribution >= 4 is 0 Å². The Hall–Kier alpha value is -0.860. The molecule has 0 aromatic heterocycles. The summed E-state index contributed by atoms with van der Waals surface area (Å²) in [6.07, 6.45) is 5.26. The van der Waals surface area contributed by atoms with Crippen molar-refractivity contribution in [1.29, 1.82) is 0 Å². The number of fused-ring (bicyclic) bond motifs is 1. The topological polar surface area (TPSA) is 29.3 Å². The molecule has 92 valence electrons. The van der Waals surface area contributed by atoms with Crippen molar-refractivity contribution in [3.63, 3.8) is 0 Å². The summed E-state index contributed by atoms with van der Waals surface area (Å²) in [5.74, 6) is 0.736. The predicted octanol–water partition coefficient (Wildman–Crippen LogP) is 2.39. The third-order valence-corrected chi connectivity index (χ3v) is 4.50. The molecule has 0 spiro atoms. The zero-order valence-electron chi connectivity index (χ0n) is 10.4. The maximum absolute atomic E-state index is 6.57. The van der Waals surface area contributed by atoms with Gasteiger partial charge < -0.3 is 5.73 Å². The minimum atomic E-state index is 0.118. The van der Waals surface area contributed by atoms with Crippen LogP contribution in [0.3, 0.4) is 0 Å². The van der Waals surface area contributed by atoms with Gasteiger partial charge in [-0.2, -0.15) is 0 Å². The van der Waals surface area contributed by atoms with Crippen LogP contribution in [0.15, 0.2) is 30.3 Å². The lowest BCUT2D eigenvalue weighted by atomic mass is 9.76. The number of rotatable bonds is 2. The molecule has 2 atom stereocenters. The Morgan fingerprint density at radius 2 is 2.06 bits per heavy atom. The average molecular weight is 230 g/mol. The first kappa shape index (κ1) is 11.2. The molecule has 1 aromatic rings. The summed E-state index contributed by atoms with van der Waals surface area (Å²) < 4.78 is 0. The lowest BCUT2D eigenvalue weighted by Gasteiger charge is -2.34. The third-order valence-electron chi connectivity index (χ3n) is 4.50. The van der Waals surface area contributed by atoms with Crippen LogP contribution in [0.25, 0.3) is 0 Å². The molecule has 0 unspecified atom stereocenters. The second-order valence-corrected chi connectivity index (χ2v) is 5.83. The van der Waals surface area contributed by atoms with E-state index in [1.165, 1.54) is 37.8 Å². The second kappa shape index (κ2) is 4.43. The van der Waals surface area contributed by atoms with Crippen molar-refractivity contribution in [3.8, 4) is 0 Å². The molecule has 1 saturated heterocycles. The van der Waals surface area contributed by atoms with Gasteiger partial charge >= 0.3 is 0 Å². The van der Waals surface area contributed by atoms with Crippen LogP contribution in [0.4, 0.5) is 0 Å². The summed E-state index contributed by atoms with van der Waals surface area (Å²) in [6.45, 7) is 3.36. The van der Waals surface area contributed by atoms with E-state index in [1.54, 1.807) is 0 Å². The molecule has 2 nitrogen and oxygen atoms in total. The van der Waals surface area contributed by atoms with Crippen molar-refractivity contribution in [1.82, 2.24) is 4.90 Å². The van der Waals surface area contributed by atoms with Gasteiger partial charge in [0.2, 0.25) is 0 Å². The number of nitrogens with zero attached hydrogens (tertiary/aromatic N) is 1. The molecular weight excluding hydrogens is 208 g/mol. The van der Waals surface area contributed by atoms with E-state index in [0.29, 0.717) is 0 Å². The maximum Gasteiger partial charge on any atom is 0.0324 e. The lowest BCUT2D eigenvalue weighted by Crippen LogP contribution is -2.49.